The van der Waals surface area contributed by atoms with E-state index in [0.717, 1.165) is 95.2 Å². The SMILES string of the molecule is CC(C)CCC1(C)OC2C3(CCCC3)C(=O)OCC23C1C(=O)C(O)C1(C2CCCC(Cc4ccccc4)C2)C3CCC2(C)C(c3ccoc3CC3C(O)CCC4CC5C(C=CN6CNCC56)CC43)OC(=O)C3OC321. The molecular formula is C62H82N2O10. The summed E-state index contributed by atoms with van der Waals surface area (Å²) in [5.74, 6) is 1.19. The average molecular weight is 1020 g/mol. The van der Waals surface area contributed by atoms with E-state index < -0.39 is 75.3 Å². The predicted molar refractivity (Wildman–Crippen MR) is 273 cm³/mol. The first-order chi connectivity index (χ1) is 35.7. The van der Waals surface area contributed by atoms with Crippen LogP contribution in [0.25, 0.3) is 0 Å². The summed E-state index contributed by atoms with van der Waals surface area (Å²) in [6.45, 7) is 10.7. The average Bonchev–Trinajstić information content (AvgIpc) is 3.91. The number of carbonyl (C=O) groups is 3. The molecule has 6 aliphatic heterocycles. The first kappa shape index (κ1) is 48.8. The zero-order chi connectivity index (χ0) is 50.7. The molecule has 0 amide bonds. The van der Waals surface area contributed by atoms with E-state index in [4.69, 9.17) is 23.4 Å². The molecule has 0 radical (unpaired) electrons. The highest BCUT2D eigenvalue weighted by Crippen LogP contribution is 2.84. The molecule has 2 aromatic rings. The molecule has 20 atom stereocenters. The standard InChI is InChI=1S/C62H82N2O10/c1-35(2)17-24-58(4)50-49(66)51(67)61(40-14-10-13-37(28-40)27-36-11-6-5-7-12-36)48(60(50)33-71-56(69)59(55(60)74-58)21-8-9-22-59)18-23-57(3)52(72-54(68)53-62(57,61)73-53)41-20-26-70-47(41)31-44-42-29-39-19-25-64-34-63-32-45(64)43(39)30-38(42)15-16-46(44)65/h5-7,11-12,19-20,25-26,35,37-40,42-46,48,50-53,55,63,65,67H,8-10,13-18,21-24,27-34H2,1-4H3. The lowest BCUT2D eigenvalue weighted by molar-refractivity contribution is -0.285. The fraction of sp³-hybridized carbons (Fsp3) is 0.758. The number of Topliss-reactive ketones (excluding diaryl/α,β-unsaturated/α-hetero) is 1. The van der Waals surface area contributed by atoms with E-state index in [-0.39, 0.29) is 42.0 Å². The van der Waals surface area contributed by atoms with E-state index in [1.54, 1.807) is 6.26 Å². The number of nitrogens with one attached hydrogen (secondary N) is 1. The van der Waals surface area contributed by atoms with Crippen LogP contribution in [-0.4, -0.2) is 94.3 Å². The van der Waals surface area contributed by atoms with E-state index in [1.807, 2.05) is 6.07 Å². The van der Waals surface area contributed by atoms with Crippen LogP contribution in [0.5, 0.6) is 0 Å². The molecule has 12 heteroatoms. The summed E-state index contributed by atoms with van der Waals surface area (Å²) in [6.07, 6.45) is 16.9. The summed E-state index contributed by atoms with van der Waals surface area (Å²) < 4.78 is 35.0. The largest absolute Gasteiger partial charge is 0.469 e. The van der Waals surface area contributed by atoms with E-state index in [2.05, 4.69) is 80.5 Å². The van der Waals surface area contributed by atoms with Crippen LogP contribution < -0.4 is 5.32 Å². The molecule has 6 saturated carbocycles. The number of aliphatic hydroxyl groups is 2. The number of ether oxygens (including phenoxy) is 4. The Balaban J connectivity index is 0.885. The third-order valence-electron chi connectivity index (χ3n) is 24.0. The number of fused-ring (bicyclic) bond motifs is 6. The Kier molecular flexibility index (Phi) is 11.4. The summed E-state index contributed by atoms with van der Waals surface area (Å²) in [5.41, 5.74) is -4.07. The molecule has 3 spiro atoms. The normalized spacial score (nSPS) is 48.4. The summed E-state index contributed by atoms with van der Waals surface area (Å²) >= 11 is 0. The van der Waals surface area contributed by atoms with Crippen LogP contribution in [-0.2, 0) is 46.2 Å². The molecule has 74 heavy (non-hydrogen) atoms. The van der Waals surface area contributed by atoms with Crippen LogP contribution in [0, 0.1) is 80.8 Å². The number of cyclic esters (lactones) is 2. The number of hydrogen-bond acceptors (Lipinski definition) is 12. The van der Waals surface area contributed by atoms with Gasteiger partial charge in [-0.2, -0.15) is 0 Å². The zero-order valence-corrected chi connectivity index (χ0v) is 44.4. The fourth-order valence-corrected chi connectivity index (χ4v) is 21.1. The number of rotatable bonds is 9. The molecule has 20 unspecified atom stereocenters. The summed E-state index contributed by atoms with van der Waals surface area (Å²) in [6, 6.07) is 13.2. The predicted octanol–water partition coefficient (Wildman–Crippen LogP) is 9.05. The molecule has 0 bridgehead atoms. The Morgan fingerprint density at radius 1 is 0.865 bits per heavy atom. The molecule has 7 heterocycles. The van der Waals surface area contributed by atoms with Gasteiger partial charge in [0.25, 0.3) is 0 Å². The highest BCUT2D eigenvalue weighted by Gasteiger charge is 2.94. The Morgan fingerprint density at radius 3 is 2.50 bits per heavy atom. The Hall–Kier alpha value is -3.55. The second-order valence-electron chi connectivity index (χ2n) is 27.5. The minimum Gasteiger partial charge on any atom is -0.469 e. The highest BCUT2D eigenvalue weighted by molar-refractivity contribution is 5.93. The quantitative estimate of drug-likeness (QED) is 0.162. The number of aliphatic hydroxyl groups excluding tert-OH is 2. The smallest absolute Gasteiger partial charge is 0.339 e. The molecule has 5 saturated heterocycles. The van der Waals surface area contributed by atoms with Gasteiger partial charge < -0.3 is 38.5 Å². The van der Waals surface area contributed by atoms with Crippen molar-refractivity contribution in [3.05, 3.63) is 71.8 Å². The maximum Gasteiger partial charge on any atom is 0.339 e. The third kappa shape index (κ3) is 6.47. The number of nitrogens with zero attached hydrogens (tertiary/aromatic N) is 1. The van der Waals surface area contributed by atoms with Crippen LogP contribution in [0.1, 0.15) is 153 Å². The lowest BCUT2D eigenvalue weighted by atomic mass is 9.32. The van der Waals surface area contributed by atoms with Gasteiger partial charge in [0.05, 0.1) is 42.1 Å². The number of epoxide rings is 1. The minimum atomic E-state index is -1.45. The van der Waals surface area contributed by atoms with Gasteiger partial charge in [-0.15, -0.1) is 0 Å². The number of ketones is 1. The van der Waals surface area contributed by atoms with Crippen molar-refractivity contribution in [1.29, 1.82) is 0 Å². The van der Waals surface area contributed by atoms with Gasteiger partial charge in [-0.3, -0.25) is 14.9 Å². The van der Waals surface area contributed by atoms with Crippen LogP contribution in [0.4, 0.5) is 0 Å². The summed E-state index contributed by atoms with van der Waals surface area (Å²) in [5, 5.41) is 29.6. The van der Waals surface area contributed by atoms with Crippen molar-refractivity contribution in [1.82, 2.24) is 10.2 Å². The first-order valence-corrected chi connectivity index (χ1v) is 29.6. The van der Waals surface area contributed by atoms with Crippen molar-refractivity contribution < 1.29 is 48.0 Å². The van der Waals surface area contributed by atoms with Crippen molar-refractivity contribution in [3.8, 4) is 0 Å². The molecule has 12 nitrogen and oxygen atoms in total. The second kappa shape index (κ2) is 17.2. The van der Waals surface area contributed by atoms with Gasteiger partial charge >= 0.3 is 11.9 Å². The number of hydrogen-bond donors (Lipinski definition) is 3. The lowest BCUT2D eigenvalue weighted by Gasteiger charge is -2.70. The second-order valence-corrected chi connectivity index (χ2v) is 27.5. The highest BCUT2D eigenvalue weighted by atomic mass is 16.7. The molecule has 12 aliphatic rings. The van der Waals surface area contributed by atoms with Gasteiger partial charge in [0, 0.05) is 40.8 Å². The van der Waals surface area contributed by atoms with Crippen molar-refractivity contribution in [2.45, 2.75) is 191 Å². The van der Waals surface area contributed by atoms with Crippen molar-refractivity contribution in [2.24, 2.45) is 80.8 Å². The monoisotopic (exact) mass is 1010 g/mol. The van der Waals surface area contributed by atoms with Crippen LogP contribution in [0.2, 0.25) is 0 Å². The van der Waals surface area contributed by atoms with Crippen LogP contribution >= 0.6 is 0 Å². The van der Waals surface area contributed by atoms with Crippen molar-refractivity contribution >= 4 is 17.7 Å². The van der Waals surface area contributed by atoms with Crippen LogP contribution in [0.3, 0.4) is 0 Å². The van der Waals surface area contributed by atoms with Crippen molar-refractivity contribution in [3.63, 3.8) is 0 Å². The molecule has 400 valence electrons. The topological polar surface area (TPSA) is 160 Å². The fourth-order valence-electron chi connectivity index (χ4n) is 21.1. The summed E-state index contributed by atoms with van der Waals surface area (Å²) in [4.78, 5) is 48.8. The van der Waals surface area contributed by atoms with E-state index >= 15 is 9.59 Å². The zero-order valence-electron chi connectivity index (χ0n) is 44.4. The number of carbonyl (C=O) groups excluding carboxylic acids is 3. The maximum absolute atomic E-state index is 16.5. The van der Waals surface area contributed by atoms with Crippen LogP contribution in [0.15, 0.2) is 59.4 Å². The molecule has 6 aliphatic carbocycles. The van der Waals surface area contributed by atoms with Gasteiger partial charge in [0.1, 0.15) is 30.2 Å². The summed E-state index contributed by atoms with van der Waals surface area (Å²) in [7, 11) is 0. The van der Waals surface area contributed by atoms with Gasteiger partial charge in [-0.05, 0) is 161 Å². The van der Waals surface area contributed by atoms with E-state index in [0.29, 0.717) is 74.2 Å². The Labute approximate surface area is 437 Å². The molecule has 14 rings (SSSR count). The number of furan rings is 1. The first-order valence-electron chi connectivity index (χ1n) is 29.6. The molecule has 11 fully saturated rings. The molecule has 3 N–H and O–H groups in total. The van der Waals surface area contributed by atoms with Crippen molar-refractivity contribution in [2.75, 3.05) is 19.8 Å². The van der Waals surface area contributed by atoms with E-state index in [9.17, 15) is 15.0 Å². The number of esters is 2. The van der Waals surface area contributed by atoms with Gasteiger partial charge in [-0.1, -0.05) is 82.9 Å². The molecule has 1 aromatic carbocycles. The molecular weight excluding hydrogens is 933 g/mol. The number of allylic oxidation sites excluding steroid dienone is 1. The Bertz CT molecular complexity index is 2570. The minimum absolute atomic E-state index is 0.0142. The maximum atomic E-state index is 16.5. The third-order valence-corrected chi connectivity index (χ3v) is 24.0. The van der Waals surface area contributed by atoms with Gasteiger partial charge in [0.2, 0.25) is 0 Å². The lowest BCUT2D eigenvalue weighted by Crippen LogP contribution is -2.80. The number of benzene rings is 1. The molecule has 1 aromatic heterocycles. The van der Waals surface area contributed by atoms with E-state index in [1.165, 1.54) is 12.0 Å². The van der Waals surface area contributed by atoms with Gasteiger partial charge in [0.15, 0.2) is 11.9 Å². The van der Waals surface area contributed by atoms with Gasteiger partial charge in [-0.25, -0.2) is 4.79 Å². The Morgan fingerprint density at radius 2 is 1.69 bits per heavy atom.